The SMILES string of the molecule is Cl.N[C@@H]1CCC[C@H]1CC(=O)Nc1ncc(Cc2ccccc2F)s1. The van der Waals surface area contributed by atoms with Gasteiger partial charge in [0.15, 0.2) is 5.13 Å². The largest absolute Gasteiger partial charge is 0.327 e. The minimum Gasteiger partial charge on any atom is -0.327 e. The number of aromatic nitrogens is 1. The Morgan fingerprint density at radius 1 is 1.38 bits per heavy atom. The third kappa shape index (κ3) is 4.75. The first-order chi connectivity index (χ1) is 11.1. The Kier molecular flexibility index (Phi) is 6.71. The first-order valence-corrected chi connectivity index (χ1v) is 8.67. The maximum Gasteiger partial charge on any atom is 0.226 e. The van der Waals surface area contributed by atoms with E-state index in [1.807, 2.05) is 6.07 Å². The van der Waals surface area contributed by atoms with Crippen LogP contribution in [0.5, 0.6) is 0 Å². The van der Waals surface area contributed by atoms with Gasteiger partial charge in [0.1, 0.15) is 5.82 Å². The van der Waals surface area contributed by atoms with Crippen molar-refractivity contribution in [1.29, 1.82) is 0 Å². The van der Waals surface area contributed by atoms with Crippen molar-refractivity contribution in [2.75, 3.05) is 5.32 Å². The zero-order valence-corrected chi connectivity index (χ0v) is 14.8. The summed E-state index contributed by atoms with van der Waals surface area (Å²) in [6.45, 7) is 0. The third-order valence-electron chi connectivity index (χ3n) is 4.29. The average Bonchev–Trinajstić information content (AvgIpc) is 3.11. The first kappa shape index (κ1) is 18.8. The number of nitrogens with two attached hydrogens (primary N) is 1. The second-order valence-electron chi connectivity index (χ2n) is 6.01. The Morgan fingerprint density at radius 3 is 2.88 bits per heavy atom. The van der Waals surface area contributed by atoms with Crippen LogP contribution in [0.4, 0.5) is 9.52 Å². The van der Waals surface area contributed by atoms with Crippen molar-refractivity contribution in [2.45, 2.75) is 38.1 Å². The highest BCUT2D eigenvalue weighted by Crippen LogP contribution is 2.28. The van der Waals surface area contributed by atoms with E-state index in [1.165, 1.54) is 17.4 Å². The lowest BCUT2D eigenvalue weighted by molar-refractivity contribution is -0.117. The fraction of sp³-hybridized carbons (Fsp3) is 0.412. The number of nitrogens with one attached hydrogen (secondary N) is 1. The Balaban J connectivity index is 0.00000208. The molecule has 130 valence electrons. The number of thiazole rings is 1. The minimum atomic E-state index is -0.221. The lowest BCUT2D eigenvalue weighted by Crippen LogP contribution is -2.28. The molecule has 0 radical (unpaired) electrons. The number of halogens is 2. The molecule has 0 bridgehead atoms. The number of hydrogen-bond acceptors (Lipinski definition) is 4. The number of rotatable bonds is 5. The van der Waals surface area contributed by atoms with Crippen LogP contribution in [0.2, 0.25) is 0 Å². The number of amides is 1. The summed E-state index contributed by atoms with van der Waals surface area (Å²) in [6.07, 6.45) is 5.74. The quantitative estimate of drug-likeness (QED) is 0.843. The summed E-state index contributed by atoms with van der Waals surface area (Å²) in [5.74, 6) is 0.00805. The van der Waals surface area contributed by atoms with E-state index in [4.69, 9.17) is 5.73 Å². The number of anilines is 1. The van der Waals surface area contributed by atoms with Gasteiger partial charge >= 0.3 is 0 Å². The lowest BCUT2D eigenvalue weighted by Gasteiger charge is -2.13. The molecule has 1 aliphatic rings. The van der Waals surface area contributed by atoms with Gasteiger partial charge < -0.3 is 11.1 Å². The van der Waals surface area contributed by atoms with Crippen LogP contribution in [0, 0.1) is 11.7 Å². The molecule has 1 fully saturated rings. The summed E-state index contributed by atoms with van der Waals surface area (Å²) in [6, 6.07) is 6.82. The Labute approximate surface area is 151 Å². The van der Waals surface area contributed by atoms with Gasteiger partial charge in [-0.05, 0) is 30.4 Å². The van der Waals surface area contributed by atoms with E-state index < -0.39 is 0 Å². The number of carbonyl (C=O) groups excluding carboxylic acids is 1. The summed E-state index contributed by atoms with van der Waals surface area (Å²) in [5, 5.41) is 3.39. The van der Waals surface area contributed by atoms with Crippen molar-refractivity contribution in [3.63, 3.8) is 0 Å². The van der Waals surface area contributed by atoms with E-state index in [-0.39, 0.29) is 36.1 Å². The predicted molar refractivity (Wildman–Crippen MR) is 97.1 cm³/mol. The maximum atomic E-state index is 13.7. The van der Waals surface area contributed by atoms with E-state index in [9.17, 15) is 9.18 Å². The van der Waals surface area contributed by atoms with Crippen molar-refractivity contribution >= 4 is 34.8 Å². The van der Waals surface area contributed by atoms with Crippen LogP contribution in [0.15, 0.2) is 30.5 Å². The molecule has 2 atom stereocenters. The second kappa shape index (κ2) is 8.55. The van der Waals surface area contributed by atoms with Crippen molar-refractivity contribution in [1.82, 2.24) is 4.98 Å². The van der Waals surface area contributed by atoms with Gasteiger partial charge in [0.2, 0.25) is 5.91 Å². The lowest BCUT2D eigenvalue weighted by atomic mass is 10.00. The molecule has 0 unspecified atom stereocenters. The number of carbonyl (C=O) groups is 1. The molecule has 1 aromatic heterocycles. The van der Waals surface area contributed by atoms with E-state index >= 15 is 0 Å². The molecule has 3 N–H and O–H groups in total. The highest BCUT2D eigenvalue weighted by molar-refractivity contribution is 7.15. The fourth-order valence-corrected chi connectivity index (χ4v) is 3.86. The van der Waals surface area contributed by atoms with Gasteiger partial charge in [0.25, 0.3) is 0 Å². The van der Waals surface area contributed by atoms with E-state index in [1.54, 1.807) is 18.3 Å². The van der Waals surface area contributed by atoms with Crippen LogP contribution in [-0.4, -0.2) is 16.9 Å². The van der Waals surface area contributed by atoms with Crippen molar-refractivity contribution in [3.8, 4) is 0 Å². The highest BCUT2D eigenvalue weighted by atomic mass is 35.5. The van der Waals surface area contributed by atoms with Gasteiger partial charge in [-0.15, -0.1) is 23.7 Å². The molecule has 0 saturated heterocycles. The molecule has 1 amide bonds. The Hall–Kier alpha value is -1.50. The zero-order chi connectivity index (χ0) is 16.2. The van der Waals surface area contributed by atoms with Crippen LogP contribution >= 0.6 is 23.7 Å². The smallest absolute Gasteiger partial charge is 0.226 e. The molecule has 4 nitrogen and oxygen atoms in total. The number of benzene rings is 1. The third-order valence-corrected chi connectivity index (χ3v) is 5.20. The summed E-state index contributed by atoms with van der Waals surface area (Å²) in [5.41, 5.74) is 6.63. The van der Waals surface area contributed by atoms with E-state index in [0.29, 0.717) is 23.5 Å². The second-order valence-corrected chi connectivity index (χ2v) is 7.12. The fourth-order valence-electron chi connectivity index (χ4n) is 3.00. The molecule has 1 aliphatic carbocycles. The average molecular weight is 370 g/mol. The molecule has 24 heavy (non-hydrogen) atoms. The molecule has 7 heteroatoms. The summed E-state index contributed by atoms with van der Waals surface area (Å²) >= 11 is 1.38. The molecule has 1 heterocycles. The van der Waals surface area contributed by atoms with Crippen LogP contribution in [0.3, 0.4) is 0 Å². The summed E-state index contributed by atoms with van der Waals surface area (Å²) < 4.78 is 13.7. The van der Waals surface area contributed by atoms with Crippen molar-refractivity contribution in [2.24, 2.45) is 11.7 Å². The van der Waals surface area contributed by atoms with Crippen molar-refractivity contribution in [3.05, 3.63) is 46.7 Å². The Bertz CT molecular complexity index is 694. The molecule has 2 aromatic rings. The van der Waals surface area contributed by atoms with Gasteiger partial charge in [-0.3, -0.25) is 4.79 Å². The number of nitrogens with zero attached hydrogens (tertiary/aromatic N) is 1. The van der Waals surface area contributed by atoms with Gasteiger partial charge in [-0.1, -0.05) is 24.6 Å². The normalized spacial score (nSPS) is 19.8. The number of hydrogen-bond donors (Lipinski definition) is 2. The Morgan fingerprint density at radius 2 is 2.17 bits per heavy atom. The van der Waals surface area contributed by atoms with Crippen LogP contribution in [-0.2, 0) is 11.2 Å². The van der Waals surface area contributed by atoms with E-state index in [0.717, 1.165) is 24.1 Å². The van der Waals surface area contributed by atoms with Gasteiger partial charge in [0, 0.05) is 30.0 Å². The van der Waals surface area contributed by atoms with E-state index in [2.05, 4.69) is 10.3 Å². The summed E-state index contributed by atoms with van der Waals surface area (Å²) in [7, 11) is 0. The van der Waals surface area contributed by atoms with Crippen LogP contribution < -0.4 is 11.1 Å². The van der Waals surface area contributed by atoms with Gasteiger partial charge in [-0.25, -0.2) is 9.37 Å². The molecule has 1 saturated carbocycles. The van der Waals surface area contributed by atoms with Crippen molar-refractivity contribution < 1.29 is 9.18 Å². The van der Waals surface area contributed by atoms with Crippen LogP contribution in [0.1, 0.15) is 36.1 Å². The topological polar surface area (TPSA) is 68.0 Å². The standard InChI is InChI=1S/C17H20FN3OS.ClH/c18-14-6-2-1-4-11(14)8-13-10-20-17(23-13)21-16(22)9-12-5-3-7-15(12)19;/h1-2,4,6,10,12,15H,3,5,7-9,19H2,(H,20,21,22);1H/t12-,15+;/m0./s1. The highest BCUT2D eigenvalue weighted by Gasteiger charge is 2.26. The molecular formula is C17H21ClFN3OS. The molecular weight excluding hydrogens is 349 g/mol. The van der Waals surface area contributed by atoms with Crippen LogP contribution in [0.25, 0.3) is 0 Å². The summed E-state index contributed by atoms with van der Waals surface area (Å²) in [4.78, 5) is 17.2. The predicted octanol–water partition coefficient (Wildman–Crippen LogP) is 3.75. The van der Waals surface area contributed by atoms with Gasteiger partial charge in [-0.2, -0.15) is 0 Å². The maximum absolute atomic E-state index is 13.7. The molecule has 0 aliphatic heterocycles. The first-order valence-electron chi connectivity index (χ1n) is 7.85. The molecule has 1 aromatic carbocycles. The monoisotopic (exact) mass is 369 g/mol. The molecule has 3 rings (SSSR count). The molecule has 0 spiro atoms. The zero-order valence-electron chi connectivity index (χ0n) is 13.2. The minimum absolute atomic E-state index is 0. The van der Waals surface area contributed by atoms with Gasteiger partial charge in [0.05, 0.1) is 0 Å².